The molecule has 3 aromatic rings. The minimum Gasteiger partial charge on any atom is -0.463 e. The lowest BCUT2D eigenvalue weighted by Crippen LogP contribution is -2.37. The number of anilines is 1. The highest BCUT2D eigenvalue weighted by atomic mass is 16.5. The van der Waals surface area contributed by atoms with Gasteiger partial charge in [0.15, 0.2) is 5.82 Å². The first kappa shape index (κ1) is 20.8. The van der Waals surface area contributed by atoms with Crippen LogP contribution in [0, 0.1) is 6.92 Å². The summed E-state index contributed by atoms with van der Waals surface area (Å²) < 4.78 is 11.3. The van der Waals surface area contributed by atoms with E-state index in [4.69, 9.17) is 9.47 Å². The van der Waals surface area contributed by atoms with E-state index in [0.717, 1.165) is 30.0 Å². The number of nitrogens with zero attached hydrogens (tertiary/aromatic N) is 7. The number of hydrogen-bond donors (Lipinski definition) is 0. The first-order chi connectivity index (χ1) is 15.3. The number of benzene rings is 1. The average Bonchev–Trinajstić information content (AvgIpc) is 2.80. The molecule has 1 aliphatic heterocycles. The van der Waals surface area contributed by atoms with Gasteiger partial charge in [-0.2, -0.15) is 25.2 Å². The zero-order valence-electron chi connectivity index (χ0n) is 17.5. The summed E-state index contributed by atoms with van der Waals surface area (Å²) in [6.07, 6.45) is 2.44. The van der Waals surface area contributed by atoms with E-state index in [-0.39, 0.29) is 12.6 Å². The first-order valence-electron chi connectivity index (χ1n) is 10.3. The molecule has 4 rings (SSSR count). The lowest BCUT2D eigenvalue weighted by molar-refractivity contribution is 0.122. The molecule has 0 N–H and O–H groups in total. The van der Waals surface area contributed by atoms with Crippen molar-refractivity contribution in [3.8, 4) is 6.01 Å². The predicted molar refractivity (Wildman–Crippen MR) is 116 cm³/mol. The van der Waals surface area contributed by atoms with Crippen molar-refractivity contribution in [1.82, 2.24) is 19.9 Å². The molecule has 0 unspecified atom stereocenters. The highest BCUT2D eigenvalue weighted by Gasteiger charge is 2.17. The first-order valence-corrected chi connectivity index (χ1v) is 10.3. The second-order valence-corrected chi connectivity index (χ2v) is 7.09. The van der Waals surface area contributed by atoms with Crippen LogP contribution in [0.1, 0.15) is 17.1 Å². The van der Waals surface area contributed by atoms with Gasteiger partial charge in [0, 0.05) is 31.4 Å². The fourth-order valence-corrected chi connectivity index (χ4v) is 3.09. The standard InChI is InChI=1S/C22H25N7O2/c1-17-5-4-7-19(15-17)28-24-16-20-25-21(29-10-13-30-14-11-29)27-22(26-20)31-12-8-18-6-2-3-9-23-18/h2-7,9,15H,8,10-14,16H2,1H3. The van der Waals surface area contributed by atoms with Crippen LogP contribution in [0.3, 0.4) is 0 Å². The highest BCUT2D eigenvalue weighted by molar-refractivity contribution is 5.38. The van der Waals surface area contributed by atoms with Crippen LogP contribution in [-0.4, -0.2) is 52.8 Å². The summed E-state index contributed by atoms with van der Waals surface area (Å²) in [5.74, 6) is 1.09. The number of rotatable bonds is 8. The van der Waals surface area contributed by atoms with E-state index in [2.05, 4.69) is 35.1 Å². The van der Waals surface area contributed by atoms with Gasteiger partial charge in [-0.15, -0.1) is 0 Å². The molecule has 31 heavy (non-hydrogen) atoms. The van der Waals surface area contributed by atoms with Crippen LogP contribution in [0.4, 0.5) is 11.6 Å². The van der Waals surface area contributed by atoms with E-state index >= 15 is 0 Å². The maximum absolute atomic E-state index is 5.83. The SMILES string of the molecule is Cc1cccc(N=NCc2nc(OCCc3ccccn3)nc(N3CCOCC3)n2)c1. The molecular weight excluding hydrogens is 394 g/mol. The Morgan fingerprint density at radius 1 is 1.06 bits per heavy atom. The van der Waals surface area contributed by atoms with E-state index in [1.165, 1.54) is 0 Å². The van der Waals surface area contributed by atoms with Gasteiger partial charge in [0.2, 0.25) is 5.95 Å². The van der Waals surface area contributed by atoms with Gasteiger partial charge in [-0.1, -0.05) is 18.2 Å². The molecule has 0 aliphatic carbocycles. The molecule has 1 aliphatic rings. The molecule has 9 nitrogen and oxygen atoms in total. The zero-order chi connectivity index (χ0) is 21.3. The van der Waals surface area contributed by atoms with Crippen LogP contribution in [0.2, 0.25) is 0 Å². The van der Waals surface area contributed by atoms with Gasteiger partial charge in [-0.25, -0.2) is 0 Å². The molecule has 3 heterocycles. The van der Waals surface area contributed by atoms with Crippen molar-refractivity contribution in [3.05, 3.63) is 65.7 Å². The van der Waals surface area contributed by atoms with Crippen molar-refractivity contribution >= 4 is 11.6 Å². The minimum absolute atomic E-state index is 0.240. The number of hydrogen-bond acceptors (Lipinski definition) is 9. The highest BCUT2D eigenvalue weighted by Crippen LogP contribution is 2.17. The minimum atomic E-state index is 0.240. The number of aromatic nitrogens is 4. The lowest BCUT2D eigenvalue weighted by Gasteiger charge is -2.26. The van der Waals surface area contributed by atoms with Crippen molar-refractivity contribution in [2.45, 2.75) is 19.9 Å². The smallest absolute Gasteiger partial charge is 0.321 e. The summed E-state index contributed by atoms with van der Waals surface area (Å²) >= 11 is 0. The number of azo groups is 1. The molecule has 1 aromatic carbocycles. The number of pyridine rings is 1. The fourth-order valence-electron chi connectivity index (χ4n) is 3.09. The van der Waals surface area contributed by atoms with Crippen molar-refractivity contribution in [3.63, 3.8) is 0 Å². The van der Waals surface area contributed by atoms with Gasteiger partial charge in [-0.05, 0) is 36.8 Å². The third kappa shape index (κ3) is 6.26. The summed E-state index contributed by atoms with van der Waals surface area (Å²) in [5.41, 5.74) is 2.89. The van der Waals surface area contributed by atoms with Crippen LogP contribution >= 0.6 is 0 Å². The maximum atomic E-state index is 5.83. The number of ether oxygens (including phenoxy) is 2. The monoisotopic (exact) mass is 419 g/mol. The Balaban J connectivity index is 1.46. The second-order valence-electron chi connectivity index (χ2n) is 7.09. The molecule has 160 valence electrons. The average molecular weight is 419 g/mol. The molecule has 2 aromatic heterocycles. The van der Waals surface area contributed by atoms with E-state index in [0.29, 0.717) is 38.0 Å². The maximum Gasteiger partial charge on any atom is 0.321 e. The van der Waals surface area contributed by atoms with Gasteiger partial charge in [0.1, 0.15) is 6.54 Å². The zero-order valence-corrected chi connectivity index (χ0v) is 17.5. The van der Waals surface area contributed by atoms with Gasteiger partial charge in [-0.3, -0.25) is 4.98 Å². The van der Waals surface area contributed by atoms with Crippen molar-refractivity contribution in [1.29, 1.82) is 0 Å². The largest absolute Gasteiger partial charge is 0.463 e. The van der Waals surface area contributed by atoms with Crippen molar-refractivity contribution < 1.29 is 9.47 Å². The summed E-state index contributed by atoms with van der Waals surface area (Å²) in [7, 11) is 0. The van der Waals surface area contributed by atoms with E-state index in [1.54, 1.807) is 6.20 Å². The number of morpholine rings is 1. The normalized spacial score (nSPS) is 14.2. The summed E-state index contributed by atoms with van der Waals surface area (Å²) in [6.45, 7) is 5.42. The molecule has 1 fully saturated rings. The molecule has 9 heteroatoms. The predicted octanol–water partition coefficient (Wildman–Crippen LogP) is 3.32. The van der Waals surface area contributed by atoms with Gasteiger partial charge in [0.05, 0.1) is 25.5 Å². The Morgan fingerprint density at radius 2 is 1.97 bits per heavy atom. The summed E-state index contributed by atoms with van der Waals surface area (Å²) in [6, 6.07) is 14.0. The quantitative estimate of drug-likeness (QED) is 0.517. The van der Waals surface area contributed by atoms with E-state index in [1.807, 2.05) is 49.4 Å². The number of aryl methyl sites for hydroxylation is 1. The second kappa shape index (κ2) is 10.5. The van der Waals surface area contributed by atoms with Crippen molar-refractivity contribution in [2.24, 2.45) is 10.2 Å². The van der Waals surface area contributed by atoms with Crippen LogP contribution in [0.25, 0.3) is 0 Å². The third-order valence-electron chi connectivity index (χ3n) is 4.66. The van der Waals surface area contributed by atoms with E-state index in [9.17, 15) is 0 Å². The van der Waals surface area contributed by atoms with Crippen LogP contribution in [-0.2, 0) is 17.7 Å². The topological polar surface area (TPSA) is 98.0 Å². The molecule has 1 saturated heterocycles. The third-order valence-corrected chi connectivity index (χ3v) is 4.66. The Hall–Kier alpha value is -3.46. The Bertz CT molecular complexity index is 1010. The van der Waals surface area contributed by atoms with Gasteiger partial charge in [0.25, 0.3) is 0 Å². The van der Waals surface area contributed by atoms with E-state index < -0.39 is 0 Å². The van der Waals surface area contributed by atoms with Crippen LogP contribution < -0.4 is 9.64 Å². The summed E-state index contributed by atoms with van der Waals surface area (Å²) in [5, 5.41) is 8.55. The Morgan fingerprint density at radius 3 is 2.77 bits per heavy atom. The van der Waals surface area contributed by atoms with Crippen LogP contribution in [0.15, 0.2) is 58.9 Å². The molecule has 0 saturated carbocycles. The summed E-state index contributed by atoms with van der Waals surface area (Å²) in [4.78, 5) is 19.9. The fraction of sp³-hybridized carbons (Fsp3) is 0.364. The Labute approximate surface area is 181 Å². The molecule has 0 bridgehead atoms. The molecule has 0 radical (unpaired) electrons. The van der Waals surface area contributed by atoms with Gasteiger partial charge < -0.3 is 14.4 Å². The van der Waals surface area contributed by atoms with Gasteiger partial charge >= 0.3 is 6.01 Å². The Kier molecular flexibility index (Phi) is 7.07. The molecular formula is C22H25N7O2. The lowest BCUT2D eigenvalue weighted by atomic mass is 10.2. The molecule has 0 atom stereocenters. The molecule has 0 spiro atoms. The van der Waals surface area contributed by atoms with Crippen LogP contribution in [0.5, 0.6) is 6.01 Å². The van der Waals surface area contributed by atoms with Crippen molar-refractivity contribution in [2.75, 3.05) is 37.8 Å². The molecule has 0 amide bonds.